The van der Waals surface area contributed by atoms with Crippen LogP contribution in [0.1, 0.15) is 49.1 Å². The fourth-order valence-electron chi connectivity index (χ4n) is 3.39. The summed E-state index contributed by atoms with van der Waals surface area (Å²) in [6.45, 7) is 3.83. The molecule has 4 heteroatoms. The van der Waals surface area contributed by atoms with Crippen molar-refractivity contribution in [1.29, 1.82) is 0 Å². The number of hydrogen-bond acceptors (Lipinski definition) is 3. The minimum atomic E-state index is 0.372. The Balaban J connectivity index is 1.80. The van der Waals surface area contributed by atoms with Crippen molar-refractivity contribution in [3.63, 3.8) is 0 Å². The lowest BCUT2D eigenvalue weighted by Gasteiger charge is -2.28. The van der Waals surface area contributed by atoms with Crippen LogP contribution in [0.2, 0.25) is 0 Å². The molecule has 100 valence electrons. The van der Waals surface area contributed by atoms with Crippen LogP contribution < -0.4 is 5.73 Å². The predicted molar refractivity (Wildman–Crippen MR) is 70.5 cm³/mol. The standard InChI is InChI=1S/C14H23N3O/c1-9-6-11(4-5-18-9)14-12-3-2-10(8-15)7-13(12)16-17-14/h9-11H,2-8,15H2,1H3,(H,16,17). The van der Waals surface area contributed by atoms with Gasteiger partial charge in [-0.3, -0.25) is 5.10 Å². The topological polar surface area (TPSA) is 63.9 Å². The smallest absolute Gasteiger partial charge is 0.0689 e. The molecule has 1 aliphatic carbocycles. The average Bonchev–Trinajstić information content (AvgIpc) is 2.81. The Morgan fingerprint density at radius 1 is 1.44 bits per heavy atom. The Morgan fingerprint density at radius 2 is 2.33 bits per heavy atom. The summed E-state index contributed by atoms with van der Waals surface area (Å²) in [5.74, 6) is 1.22. The number of H-pyrrole nitrogens is 1. The summed E-state index contributed by atoms with van der Waals surface area (Å²) >= 11 is 0. The third kappa shape index (κ3) is 2.19. The minimum absolute atomic E-state index is 0.372. The summed E-state index contributed by atoms with van der Waals surface area (Å²) in [5.41, 5.74) is 9.92. The molecule has 1 aliphatic heterocycles. The number of hydrogen-bond donors (Lipinski definition) is 2. The normalized spacial score (nSPS) is 32.2. The maximum atomic E-state index is 5.78. The second-order valence-electron chi connectivity index (χ2n) is 5.81. The largest absolute Gasteiger partial charge is 0.378 e. The molecule has 0 aromatic carbocycles. The first kappa shape index (κ1) is 12.2. The van der Waals surface area contributed by atoms with E-state index in [4.69, 9.17) is 10.5 Å². The van der Waals surface area contributed by atoms with Crippen molar-refractivity contribution in [1.82, 2.24) is 10.2 Å². The number of aromatic amines is 1. The van der Waals surface area contributed by atoms with Gasteiger partial charge in [0.15, 0.2) is 0 Å². The lowest BCUT2D eigenvalue weighted by molar-refractivity contribution is 0.0178. The van der Waals surface area contributed by atoms with Crippen molar-refractivity contribution in [3.05, 3.63) is 17.0 Å². The van der Waals surface area contributed by atoms with Gasteiger partial charge in [0.1, 0.15) is 0 Å². The molecule has 18 heavy (non-hydrogen) atoms. The Kier molecular flexibility index (Phi) is 3.39. The molecule has 4 nitrogen and oxygen atoms in total. The maximum Gasteiger partial charge on any atom is 0.0689 e. The molecule has 0 radical (unpaired) electrons. The number of fused-ring (bicyclic) bond motifs is 1. The van der Waals surface area contributed by atoms with Gasteiger partial charge in [-0.1, -0.05) is 0 Å². The SMILES string of the molecule is CC1CC(c2n[nH]c3c2CCC(CN)C3)CCO1. The number of ether oxygens (including phenoxy) is 1. The van der Waals surface area contributed by atoms with Gasteiger partial charge in [-0.2, -0.15) is 5.10 Å². The van der Waals surface area contributed by atoms with E-state index in [9.17, 15) is 0 Å². The van der Waals surface area contributed by atoms with Crippen LogP contribution in [0, 0.1) is 5.92 Å². The van der Waals surface area contributed by atoms with Crippen LogP contribution >= 0.6 is 0 Å². The van der Waals surface area contributed by atoms with Crippen LogP contribution in [0.15, 0.2) is 0 Å². The summed E-state index contributed by atoms with van der Waals surface area (Å²) in [6.07, 6.45) is 6.04. The van der Waals surface area contributed by atoms with Crippen molar-refractivity contribution in [2.24, 2.45) is 11.7 Å². The number of nitrogens with one attached hydrogen (secondary N) is 1. The molecule has 2 aliphatic rings. The number of aromatic nitrogens is 2. The highest BCUT2D eigenvalue weighted by atomic mass is 16.5. The van der Waals surface area contributed by atoms with Gasteiger partial charge < -0.3 is 10.5 Å². The van der Waals surface area contributed by atoms with Gasteiger partial charge in [0.25, 0.3) is 0 Å². The Labute approximate surface area is 108 Å². The molecule has 0 spiro atoms. The van der Waals surface area contributed by atoms with Gasteiger partial charge in [0.05, 0.1) is 11.8 Å². The molecule has 1 aromatic heterocycles. The molecular formula is C14H23N3O. The van der Waals surface area contributed by atoms with E-state index in [1.54, 1.807) is 0 Å². The quantitative estimate of drug-likeness (QED) is 0.839. The first-order chi connectivity index (χ1) is 8.78. The van der Waals surface area contributed by atoms with Crippen molar-refractivity contribution < 1.29 is 4.74 Å². The molecule has 3 atom stereocenters. The zero-order chi connectivity index (χ0) is 12.5. The van der Waals surface area contributed by atoms with E-state index in [0.717, 1.165) is 38.8 Å². The van der Waals surface area contributed by atoms with E-state index < -0.39 is 0 Å². The molecule has 0 amide bonds. The van der Waals surface area contributed by atoms with E-state index in [1.807, 2.05) is 0 Å². The summed E-state index contributed by atoms with van der Waals surface area (Å²) < 4.78 is 5.63. The first-order valence-electron chi connectivity index (χ1n) is 7.15. The molecule has 1 fully saturated rings. The van der Waals surface area contributed by atoms with E-state index >= 15 is 0 Å². The molecular weight excluding hydrogens is 226 g/mol. The van der Waals surface area contributed by atoms with Gasteiger partial charge in [0, 0.05) is 18.2 Å². The van der Waals surface area contributed by atoms with Crippen LogP contribution in [-0.4, -0.2) is 29.5 Å². The van der Waals surface area contributed by atoms with Crippen LogP contribution in [0.25, 0.3) is 0 Å². The van der Waals surface area contributed by atoms with Crippen LogP contribution in [0.4, 0.5) is 0 Å². The zero-order valence-corrected chi connectivity index (χ0v) is 11.1. The molecule has 2 heterocycles. The molecule has 3 rings (SSSR count). The summed E-state index contributed by atoms with van der Waals surface area (Å²) in [6, 6.07) is 0. The summed E-state index contributed by atoms with van der Waals surface area (Å²) in [7, 11) is 0. The highest BCUT2D eigenvalue weighted by Crippen LogP contribution is 2.35. The second-order valence-corrected chi connectivity index (χ2v) is 5.81. The van der Waals surface area contributed by atoms with Crippen molar-refractivity contribution in [2.75, 3.05) is 13.2 Å². The lowest BCUT2D eigenvalue weighted by Crippen LogP contribution is -2.24. The van der Waals surface area contributed by atoms with E-state index in [1.165, 1.54) is 23.4 Å². The summed E-state index contributed by atoms with van der Waals surface area (Å²) in [4.78, 5) is 0. The highest BCUT2D eigenvalue weighted by molar-refractivity contribution is 5.31. The van der Waals surface area contributed by atoms with Gasteiger partial charge >= 0.3 is 0 Å². The molecule has 0 bridgehead atoms. The molecule has 0 saturated carbocycles. The van der Waals surface area contributed by atoms with Crippen LogP contribution in [-0.2, 0) is 17.6 Å². The van der Waals surface area contributed by atoms with Crippen molar-refractivity contribution >= 4 is 0 Å². The minimum Gasteiger partial charge on any atom is -0.378 e. The predicted octanol–water partition coefficient (Wildman–Crippen LogP) is 1.76. The van der Waals surface area contributed by atoms with Gasteiger partial charge in [-0.05, 0) is 57.1 Å². The zero-order valence-electron chi connectivity index (χ0n) is 11.1. The highest BCUT2D eigenvalue weighted by Gasteiger charge is 2.29. The van der Waals surface area contributed by atoms with E-state index in [2.05, 4.69) is 17.1 Å². The maximum absolute atomic E-state index is 5.78. The fraction of sp³-hybridized carbons (Fsp3) is 0.786. The molecule has 1 saturated heterocycles. The van der Waals surface area contributed by atoms with Crippen molar-refractivity contribution in [2.45, 2.75) is 51.0 Å². The van der Waals surface area contributed by atoms with E-state index in [0.29, 0.717) is 17.9 Å². The van der Waals surface area contributed by atoms with Crippen LogP contribution in [0.3, 0.4) is 0 Å². The lowest BCUT2D eigenvalue weighted by atomic mass is 9.83. The monoisotopic (exact) mass is 249 g/mol. The number of nitrogens with two attached hydrogens (primary N) is 1. The number of rotatable bonds is 2. The third-order valence-corrected chi connectivity index (χ3v) is 4.49. The molecule has 3 N–H and O–H groups in total. The Bertz CT molecular complexity index is 415. The fourth-order valence-corrected chi connectivity index (χ4v) is 3.39. The Morgan fingerprint density at radius 3 is 3.11 bits per heavy atom. The van der Waals surface area contributed by atoms with Crippen LogP contribution in [0.5, 0.6) is 0 Å². The first-order valence-corrected chi connectivity index (χ1v) is 7.15. The summed E-state index contributed by atoms with van der Waals surface area (Å²) in [5, 5.41) is 7.86. The average molecular weight is 249 g/mol. The second kappa shape index (κ2) is 5.02. The number of nitrogens with zero attached hydrogens (tertiary/aromatic N) is 1. The van der Waals surface area contributed by atoms with Crippen molar-refractivity contribution in [3.8, 4) is 0 Å². The van der Waals surface area contributed by atoms with E-state index in [-0.39, 0.29) is 0 Å². The van der Waals surface area contributed by atoms with Gasteiger partial charge in [-0.25, -0.2) is 0 Å². The van der Waals surface area contributed by atoms with Gasteiger partial charge in [0.2, 0.25) is 0 Å². The third-order valence-electron chi connectivity index (χ3n) is 4.49. The molecule has 3 unspecified atom stereocenters. The van der Waals surface area contributed by atoms with Gasteiger partial charge in [-0.15, -0.1) is 0 Å². The Hall–Kier alpha value is -0.870. The molecule has 1 aromatic rings.